The van der Waals surface area contributed by atoms with Gasteiger partial charge in [0.1, 0.15) is 0 Å². The van der Waals surface area contributed by atoms with E-state index in [2.05, 4.69) is 0 Å². The van der Waals surface area contributed by atoms with E-state index in [1.807, 2.05) is 18.2 Å². The van der Waals surface area contributed by atoms with Crippen LogP contribution in [0.25, 0.3) is 0 Å². The maximum absolute atomic E-state index is 8.78. The first-order chi connectivity index (χ1) is 3.89. The van der Waals surface area contributed by atoms with Crippen LogP contribution >= 0.6 is 0 Å². The van der Waals surface area contributed by atoms with Crippen molar-refractivity contribution < 1.29 is 5.21 Å². The van der Waals surface area contributed by atoms with Gasteiger partial charge in [-0.3, -0.25) is 10.3 Å². The van der Waals surface area contributed by atoms with Crippen LogP contribution < -0.4 is 0 Å². The fraction of sp³-hybridized carbons (Fsp3) is 0.333. The van der Waals surface area contributed by atoms with Crippen molar-refractivity contribution in [1.29, 1.82) is 0 Å². The Morgan fingerprint density at radius 3 is 3.00 bits per heavy atom. The largest absolute Gasteiger partial charge is 0.289 e. The first-order valence-corrected chi connectivity index (χ1v) is 2.67. The zero-order valence-electron chi connectivity index (χ0n) is 4.62. The SMILES string of the molecule is ON1C=CCC=CC1. The normalized spacial score (nSPS) is 18.9. The monoisotopic (exact) mass is 111 g/mol. The second-order valence-electron chi connectivity index (χ2n) is 1.71. The van der Waals surface area contributed by atoms with E-state index in [4.69, 9.17) is 5.21 Å². The summed E-state index contributed by atoms with van der Waals surface area (Å²) in [5, 5.41) is 9.94. The fourth-order valence-electron chi connectivity index (χ4n) is 0.601. The molecule has 0 spiro atoms. The van der Waals surface area contributed by atoms with E-state index in [0.717, 1.165) is 11.5 Å². The summed E-state index contributed by atoms with van der Waals surface area (Å²) >= 11 is 0. The summed E-state index contributed by atoms with van der Waals surface area (Å²) in [4.78, 5) is 0. The molecule has 44 valence electrons. The van der Waals surface area contributed by atoms with Gasteiger partial charge in [0.05, 0.1) is 6.54 Å². The minimum atomic E-state index is 0.608. The summed E-state index contributed by atoms with van der Waals surface area (Å²) in [6.45, 7) is 0.608. The molecule has 0 radical (unpaired) electrons. The third-order valence-corrected chi connectivity index (χ3v) is 1.01. The Morgan fingerprint density at radius 1 is 1.25 bits per heavy atom. The molecular weight excluding hydrogens is 102 g/mol. The van der Waals surface area contributed by atoms with Crippen LogP contribution in [0, 0.1) is 0 Å². The third-order valence-electron chi connectivity index (χ3n) is 1.01. The van der Waals surface area contributed by atoms with Crippen LogP contribution in [-0.4, -0.2) is 16.8 Å². The predicted molar refractivity (Wildman–Crippen MR) is 31.4 cm³/mol. The average molecular weight is 111 g/mol. The van der Waals surface area contributed by atoms with Gasteiger partial charge in [-0.2, -0.15) is 0 Å². The maximum atomic E-state index is 8.78. The Balaban J connectivity index is 2.48. The van der Waals surface area contributed by atoms with Crippen LogP contribution in [0.1, 0.15) is 6.42 Å². The molecule has 0 amide bonds. The predicted octanol–water partition coefficient (Wildman–Crippen LogP) is 1.15. The van der Waals surface area contributed by atoms with Crippen molar-refractivity contribution in [1.82, 2.24) is 5.06 Å². The number of hydrogen-bond acceptors (Lipinski definition) is 2. The van der Waals surface area contributed by atoms with Gasteiger partial charge in [-0.05, 0) is 6.42 Å². The molecule has 1 N–H and O–H groups in total. The van der Waals surface area contributed by atoms with Crippen molar-refractivity contribution >= 4 is 0 Å². The van der Waals surface area contributed by atoms with Gasteiger partial charge in [0.15, 0.2) is 0 Å². The summed E-state index contributed by atoms with van der Waals surface area (Å²) in [5.41, 5.74) is 0. The minimum Gasteiger partial charge on any atom is -0.289 e. The molecule has 8 heavy (non-hydrogen) atoms. The van der Waals surface area contributed by atoms with Gasteiger partial charge in [-0.25, -0.2) is 0 Å². The van der Waals surface area contributed by atoms with E-state index in [1.165, 1.54) is 0 Å². The molecule has 0 atom stereocenters. The van der Waals surface area contributed by atoms with Gasteiger partial charge in [-0.1, -0.05) is 18.2 Å². The number of allylic oxidation sites excluding steroid dienone is 2. The Labute approximate surface area is 48.7 Å². The van der Waals surface area contributed by atoms with Crippen molar-refractivity contribution in [3.63, 3.8) is 0 Å². The molecule has 0 aliphatic carbocycles. The molecule has 0 bridgehead atoms. The van der Waals surface area contributed by atoms with E-state index in [0.29, 0.717) is 6.54 Å². The lowest BCUT2D eigenvalue weighted by Gasteiger charge is -2.04. The second kappa shape index (κ2) is 2.52. The fourth-order valence-corrected chi connectivity index (χ4v) is 0.601. The third kappa shape index (κ3) is 1.39. The van der Waals surface area contributed by atoms with Gasteiger partial charge in [0.2, 0.25) is 0 Å². The highest BCUT2D eigenvalue weighted by Crippen LogP contribution is 1.94. The molecule has 1 rings (SSSR count). The summed E-state index contributed by atoms with van der Waals surface area (Å²) in [5.74, 6) is 0. The summed E-state index contributed by atoms with van der Waals surface area (Å²) in [7, 11) is 0. The zero-order valence-corrected chi connectivity index (χ0v) is 4.62. The summed E-state index contributed by atoms with van der Waals surface area (Å²) in [6.07, 6.45) is 8.45. The van der Waals surface area contributed by atoms with Crippen molar-refractivity contribution in [3.05, 3.63) is 24.4 Å². The van der Waals surface area contributed by atoms with Crippen molar-refractivity contribution in [2.45, 2.75) is 6.42 Å². The standard InChI is InChI=1S/C6H9NO/c8-7-5-3-1-2-4-6-7/h1,3-4,6,8H,2,5H2. The van der Waals surface area contributed by atoms with E-state index in [9.17, 15) is 0 Å². The molecule has 1 aliphatic rings. The molecule has 2 heteroatoms. The van der Waals surface area contributed by atoms with Gasteiger partial charge in [-0.15, -0.1) is 0 Å². The molecule has 0 aromatic carbocycles. The van der Waals surface area contributed by atoms with Crippen molar-refractivity contribution in [3.8, 4) is 0 Å². The lowest BCUT2D eigenvalue weighted by Crippen LogP contribution is -2.09. The van der Waals surface area contributed by atoms with Crippen LogP contribution in [0.4, 0.5) is 0 Å². The molecule has 0 fully saturated rings. The number of hydrogen-bond donors (Lipinski definition) is 1. The smallest absolute Gasteiger partial charge is 0.0627 e. The lowest BCUT2D eigenvalue weighted by atomic mass is 10.4. The lowest BCUT2D eigenvalue weighted by molar-refractivity contribution is -0.0288. The molecule has 2 nitrogen and oxygen atoms in total. The highest BCUT2D eigenvalue weighted by Gasteiger charge is 1.88. The highest BCUT2D eigenvalue weighted by molar-refractivity contribution is 4.97. The first-order valence-electron chi connectivity index (χ1n) is 2.67. The average Bonchev–Trinajstić information content (AvgIpc) is 1.94. The topological polar surface area (TPSA) is 23.5 Å². The second-order valence-corrected chi connectivity index (χ2v) is 1.71. The number of rotatable bonds is 0. The van der Waals surface area contributed by atoms with Gasteiger partial charge in [0, 0.05) is 6.20 Å². The van der Waals surface area contributed by atoms with Gasteiger partial charge in [0.25, 0.3) is 0 Å². The molecule has 0 aromatic heterocycles. The Hall–Kier alpha value is -0.760. The highest BCUT2D eigenvalue weighted by atomic mass is 16.5. The van der Waals surface area contributed by atoms with E-state index in [1.54, 1.807) is 6.20 Å². The van der Waals surface area contributed by atoms with E-state index < -0.39 is 0 Å². The molecule has 0 saturated carbocycles. The summed E-state index contributed by atoms with van der Waals surface area (Å²) in [6, 6.07) is 0. The summed E-state index contributed by atoms with van der Waals surface area (Å²) < 4.78 is 0. The number of nitrogens with zero attached hydrogens (tertiary/aromatic N) is 1. The van der Waals surface area contributed by atoms with Crippen molar-refractivity contribution in [2.24, 2.45) is 0 Å². The Kier molecular flexibility index (Phi) is 1.70. The van der Waals surface area contributed by atoms with Crippen LogP contribution in [-0.2, 0) is 0 Å². The van der Waals surface area contributed by atoms with Crippen LogP contribution in [0.5, 0.6) is 0 Å². The van der Waals surface area contributed by atoms with Crippen molar-refractivity contribution in [2.75, 3.05) is 6.54 Å². The quantitative estimate of drug-likeness (QED) is 0.474. The first kappa shape index (κ1) is 5.38. The molecule has 1 aliphatic heterocycles. The van der Waals surface area contributed by atoms with E-state index >= 15 is 0 Å². The Bertz CT molecular complexity index is 118. The van der Waals surface area contributed by atoms with Crippen LogP contribution in [0.3, 0.4) is 0 Å². The minimum absolute atomic E-state index is 0.608. The molecular formula is C6H9NO. The molecule has 1 heterocycles. The molecule has 0 unspecified atom stereocenters. The zero-order chi connectivity index (χ0) is 5.82. The maximum Gasteiger partial charge on any atom is 0.0627 e. The van der Waals surface area contributed by atoms with E-state index in [-0.39, 0.29) is 0 Å². The van der Waals surface area contributed by atoms with Crippen LogP contribution in [0.15, 0.2) is 24.4 Å². The Morgan fingerprint density at radius 2 is 2.12 bits per heavy atom. The van der Waals surface area contributed by atoms with Gasteiger partial charge >= 0.3 is 0 Å². The molecule has 0 aromatic rings. The van der Waals surface area contributed by atoms with Gasteiger partial charge < -0.3 is 0 Å². The molecule has 0 saturated heterocycles. The number of hydroxylamine groups is 2. The van der Waals surface area contributed by atoms with Crippen LogP contribution in [0.2, 0.25) is 0 Å².